The second kappa shape index (κ2) is 36.6. The van der Waals surface area contributed by atoms with Crippen molar-refractivity contribution >= 4 is 59.9 Å². The number of likely N-dealkylation sites (tertiary alicyclic amines) is 2. The molecule has 0 aromatic heterocycles. The Morgan fingerprint density at radius 2 is 0.908 bits per heavy atom. The van der Waals surface area contributed by atoms with E-state index in [-0.39, 0.29) is 67.6 Å². The van der Waals surface area contributed by atoms with E-state index in [9.17, 15) is 47.9 Å². The number of hydrogen-bond acceptors (Lipinski definition) is 20. The number of nitrogens with zero attached hydrogens (tertiary/aromatic N) is 5. The first-order valence-electron chi connectivity index (χ1n) is 29.5. The molecule has 0 unspecified atom stereocenters. The van der Waals surface area contributed by atoms with Crippen LogP contribution in [0.1, 0.15) is 64.0 Å². The Kier molecular flexibility index (Phi) is 28.5. The molecule has 26 nitrogen and oxygen atoms in total. The van der Waals surface area contributed by atoms with Crippen molar-refractivity contribution in [3.63, 3.8) is 0 Å². The summed E-state index contributed by atoms with van der Waals surface area (Å²) in [5.74, 6) is -3.38. The summed E-state index contributed by atoms with van der Waals surface area (Å²) in [6, 6.07) is 26.7. The van der Waals surface area contributed by atoms with E-state index in [1.54, 1.807) is 11.8 Å². The molecule has 3 aromatic carbocycles. The van der Waals surface area contributed by atoms with E-state index in [0.29, 0.717) is 65.6 Å². The van der Waals surface area contributed by atoms with Gasteiger partial charge in [-0.3, -0.25) is 24.1 Å². The number of urea groups is 2. The highest BCUT2D eigenvalue weighted by atomic mass is 16.6. The zero-order valence-electron chi connectivity index (χ0n) is 51.1. The molecular weight excluding hydrogens is 1130 g/mol. The van der Waals surface area contributed by atoms with Crippen LogP contribution in [0, 0.1) is 17.8 Å². The Balaban J connectivity index is 0.000000200. The molecule has 0 bridgehead atoms. The molecule has 0 aliphatic carbocycles. The summed E-state index contributed by atoms with van der Waals surface area (Å²) in [5, 5.41) is 14.8. The standard InChI is InChI=1S/C17H20N2O5.C12H13NO4.C12H15NO2.C10H14N2O5.C4H7NO2.C4H8O.C2H6/c1-23-16(21)14-10-19(14)17(22)18-8-7-13(9-18)15(20)24-11-12-5-3-2-4-6-12;1-16-11(14)10-7-13(10)12(15)17-8-9-5-3-2-4-6-9;14-12(11-6-7-13-8-11)15-9-10-4-2-1-3-5-10;1-17-9(15)7-5-12(7)10(16)11-3-2-6(4-11)8(13)14;1-7-4(6)3-2-5-3;1-2-4-5-3-1;1-2/h2-6,13-14H,7-11H2,1H3;2-6,10H,7-8H2,1H3;1-5,11,13H,6-9H2;6-7H,2-5H2,1H3,(H,13,14);3,5H,2H2,1H3;1-4H2;1-2H3/t13-,14-,19?;10-,13?;11-;6-,7-,12?;3-;;/m00000../s1/i;;;;;;1D. The number of ether oxygens (including phenoxy) is 8. The van der Waals surface area contributed by atoms with Crippen LogP contribution in [0.4, 0.5) is 14.4 Å². The fourth-order valence-electron chi connectivity index (χ4n) is 8.91. The first kappa shape index (κ1) is 67.8. The Morgan fingerprint density at radius 1 is 0.517 bits per heavy atom. The largest absolute Gasteiger partial charge is 0.481 e. The van der Waals surface area contributed by atoms with Gasteiger partial charge in [0.25, 0.3) is 0 Å². The number of carboxylic acid groups (broad SMARTS) is 1. The monoisotopic (exact) mass is 1220 g/mol. The first-order valence-corrected chi connectivity index (χ1v) is 28.8. The third-order valence-electron chi connectivity index (χ3n) is 14.4. The predicted octanol–water partition coefficient (Wildman–Crippen LogP) is 3.87. The summed E-state index contributed by atoms with van der Waals surface area (Å²) in [6.45, 7) is 10.2. The summed E-state index contributed by atoms with van der Waals surface area (Å²) in [7, 11) is 5.27. The number of aliphatic carboxylic acids is 1. The van der Waals surface area contributed by atoms with Crippen molar-refractivity contribution in [2.24, 2.45) is 17.8 Å². The maximum Gasteiger partial charge on any atom is 0.411 e. The lowest BCUT2D eigenvalue weighted by molar-refractivity contribution is -0.150. The molecule has 8 fully saturated rings. The summed E-state index contributed by atoms with van der Waals surface area (Å²) in [4.78, 5) is 121. The van der Waals surface area contributed by atoms with Crippen LogP contribution in [0.2, 0.25) is 0 Å². The lowest BCUT2D eigenvalue weighted by Gasteiger charge is -2.17. The highest BCUT2D eigenvalue weighted by Crippen LogP contribution is 2.27. The summed E-state index contributed by atoms with van der Waals surface area (Å²) < 4.78 is 44.8. The third kappa shape index (κ3) is 23.4. The van der Waals surface area contributed by atoms with Crippen LogP contribution in [0.15, 0.2) is 91.0 Å². The third-order valence-corrected chi connectivity index (χ3v) is 14.4. The highest BCUT2D eigenvalue weighted by molar-refractivity contribution is 5.90. The molecule has 5 amide bonds. The van der Waals surface area contributed by atoms with Crippen molar-refractivity contribution in [2.75, 3.05) is 107 Å². The van der Waals surface area contributed by atoms with Crippen molar-refractivity contribution in [3.05, 3.63) is 108 Å². The number of methoxy groups -OCH3 is 4. The minimum absolute atomic E-state index is 0.00463. The van der Waals surface area contributed by atoms with Gasteiger partial charge in [0.1, 0.15) is 37.9 Å². The van der Waals surface area contributed by atoms with Crippen molar-refractivity contribution in [3.8, 4) is 0 Å². The molecule has 8 heterocycles. The minimum Gasteiger partial charge on any atom is -0.481 e. The van der Waals surface area contributed by atoms with Crippen LogP contribution in [0.5, 0.6) is 0 Å². The molecule has 476 valence electrons. The van der Waals surface area contributed by atoms with E-state index >= 15 is 0 Å². The maximum absolute atomic E-state index is 12.3. The number of benzene rings is 3. The van der Waals surface area contributed by atoms with Crippen molar-refractivity contribution in [2.45, 2.75) is 89.9 Å². The highest BCUT2D eigenvalue weighted by Gasteiger charge is 2.50. The van der Waals surface area contributed by atoms with Gasteiger partial charge in [-0.25, -0.2) is 28.8 Å². The van der Waals surface area contributed by atoms with Gasteiger partial charge in [0.15, 0.2) is 6.04 Å². The predicted molar refractivity (Wildman–Crippen MR) is 311 cm³/mol. The lowest BCUT2D eigenvalue weighted by Crippen LogP contribution is -2.35. The normalized spacial score (nSPS) is 22.0. The van der Waals surface area contributed by atoms with Gasteiger partial charge in [-0.1, -0.05) is 105 Å². The average molecular weight is 1220 g/mol. The number of esters is 6. The fourth-order valence-corrected chi connectivity index (χ4v) is 8.91. The molecule has 26 heteroatoms. The van der Waals surface area contributed by atoms with Crippen molar-refractivity contribution < 1.29 is 92.3 Å². The van der Waals surface area contributed by atoms with Crippen LogP contribution in [0.3, 0.4) is 0 Å². The quantitative estimate of drug-likeness (QED) is 0.124. The van der Waals surface area contributed by atoms with Gasteiger partial charge >= 0.3 is 59.9 Å². The average Bonchev–Trinajstić information content (AvgIpc) is 1.96. The number of amides is 5. The van der Waals surface area contributed by atoms with E-state index in [0.717, 1.165) is 56.0 Å². The second-order valence-electron chi connectivity index (χ2n) is 20.6. The van der Waals surface area contributed by atoms with E-state index in [4.69, 9.17) is 25.4 Å². The summed E-state index contributed by atoms with van der Waals surface area (Å²) in [6.07, 6.45) is 4.02. The van der Waals surface area contributed by atoms with Gasteiger partial charge in [-0.2, -0.15) is 0 Å². The van der Waals surface area contributed by atoms with Gasteiger partial charge in [-0.15, -0.1) is 0 Å². The van der Waals surface area contributed by atoms with Crippen LogP contribution in [-0.4, -0.2) is 221 Å². The number of rotatable bonds is 13. The Bertz CT molecular complexity index is 2710. The summed E-state index contributed by atoms with van der Waals surface area (Å²) >= 11 is 0. The zero-order chi connectivity index (χ0) is 64.0. The Labute approximate surface area is 508 Å². The molecule has 0 radical (unpaired) electrons. The number of nitrogens with one attached hydrogen (secondary N) is 2. The molecule has 3 N–H and O–H groups in total. The summed E-state index contributed by atoms with van der Waals surface area (Å²) in [5.41, 5.74) is 2.89. The molecular formula is C61H83N7O19. The molecule has 87 heavy (non-hydrogen) atoms. The number of carbonyl (C=O) groups is 10. The van der Waals surface area contributed by atoms with E-state index < -0.39 is 54.0 Å². The van der Waals surface area contributed by atoms with Gasteiger partial charge < -0.3 is 73.2 Å². The van der Waals surface area contributed by atoms with Crippen LogP contribution < -0.4 is 10.6 Å². The molecule has 8 aliphatic rings. The SMILES string of the molecule is C1CCOC1.COC(=O)[C@@H]1CN1.COC(=O)[C@@H]1CN1C(=O)N1CC[C@H](C(=O)O)C1.COC(=O)[C@@H]1CN1C(=O)N1CC[C@H](C(=O)OCc2ccccc2)C1.COC(=O)[C@@H]1CN1C(=O)OCc1ccccc1.O=C(OCc1ccccc1)[C@H]1CCNC1.[2H]CC. The zero-order valence-corrected chi connectivity index (χ0v) is 50.1. The molecule has 0 saturated carbocycles. The van der Waals surface area contributed by atoms with E-state index in [1.165, 1.54) is 60.9 Å². The number of carbonyl (C=O) groups excluding carboxylic acids is 9. The van der Waals surface area contributed by atoms with Crippen LogP contribution in [-0.2, 0) is 91.3 Å². The fraction of sp³-hybridized carbons (Fsp3) is 0.541. The second-order valence-corrected chi connectivity index (χ2v) is 20.6. The van der Waals surface area contributed by atoms with Crippen LogP contribution >= 0.6 is 0 Å². The Morgan fingerprint density at radius 3 is 1.26 bits per heavy atom. The Hall–Kier alpha value is -8.36. The van der Waals surface area contributed by atoms with E-state index in [1.807, 2.05) is 91.0 Å². The van der Waals surface area contributed by atoms with Gasteiger partial charge in [0.2, 0.25) is 0 Å². The van der Waals surface area contributed by atoms with Crippen molar-refractivity contribution in [1.29, 1.82) is 0 Å². The first-order chi connectivity index (χ1) is 42.5. The van der Waals surface area contributed by atoms with Crippen molar-refractivity contribution in [1.82, 2.24) is 35.1 Å². The molecule has 8 aliphatic heterocycles. The lowest BCUT2D eigenvalue weighted by atomic mass is 10.1. The van der Waals surface area contributed by atoms with E-state index in [2.05, 4.69) is 29.6 Å². The van der Waals surface area contributed by atoms with Gasteiger partial charge in [0.05, 0.1) is 65.8 Å². The number of carboxylic acids is 1. The molecule has 7 atom stereocenters. The number of hydrogen-bond donors (Lipinski definition) is 3. The maximum atomic E-state index is 12.3. The molecule has 8 saturated heterocycles. The topological polar surface area (TPSA) is 314 Å². The smallest absolute Gasteiger partial charge is 0.411 e. The molecule has 11 rings (SSSR count). The molecule has 0 spiro atoms. The minimum atomic E-state index is -0.879. The van der Waals surface area contributed by atoms with Gasteiger partial charge in [0, 0.05) is 53.9 Å². The van der Waals surface area contributed by atoms with Gasteiger partial charge in [-0.05, 0) is 55.3 Å². The van der Waals surface area contributed by atoms with Crippen LogP contribution in [0.25, 0.3) is 0 Å². The molecule has 3 aromatic rings.